The zero-order valence-electron chi connectivity index (χ0n) is 7.49. The number of fused-ring (bicyclic) bond motifs is 3. The summed E-state index contributed by atoms with van der Waals surface area (Å²) in [6, 6.07) is 0. The zero-order chi connectivity index (χ0) is 9.22. The average molecular weight is 247 g/mol. The molecule has 3 nitrogen and oxygen atoms in total. The third kappa shape index (κ3) is 1.20. The molecule has 4 heteroatoms. The van der Waals surface area contributed by atoms with Crippen LogP contribution in [0.3, 0.4) is 0 Å². The van der Waals surface area contributed by atoms with Crippen LogP contribution < -0.4 is 0 Å². The fraction of sp³-hybridized carbons (Fsp3) is 0.778. The molecule has 0 aromatic heterocycles. The highest BCUT2D eigenvalue weighted by atomic mass is 79.9. The van der Waals surface area contributed by atoms with E-state index in [1.165, 1.54) is 0 Å². The smallest absolute Gasteiger partial charge is 0.164 e. The quantitative estimate of drug-likeness (QED) is 0.609. The summed E-state index contributed by atoms with van der Waals surface area (Å²) in [7, 11) is 0. The van der Waals surface area contributed by atoms with Gasteiger partial charge < -0.3 is 14.2 Å². The van der Waals surface area contributed by atoms with Crippen LogP contribution in [0, 0.1) is 0 Å². The maximum absolute atomic E-state index is 5.76. The molecule has 3 aliphatic rings. The molecule has 3 rings (SSSR count). The van der Waals surface area contributed by atoms with Gasteiger partial charge in [-0.25, -0.2) is 0 Å². The largest absolute Gasteiger partial charge is 0.362 e. The van der Waals surface area contributed by atoms with E-state index < -0.39 is 5.79 Å². The monoisotopic (exact) mass is 246 g/mol. The lowest BCUT2D eigenvalue weighted by Gasteiger charge is -2.17. The maximum atomic E-state index is 5.76. The zero-order valence-corrected chi connectivity index (χ0v) is 9.08. The Morgan fingerprint density at radius 1 is 1.31 bits per heavy atom. The number of hydrogen-bond acceptors (Lipinski definition) is 3. The van der Waals surface area contributed by atoms with Gasteiger partial charge in [0.05, 0.1) is 0 Å². The summed E-state index contributed by atoms with van der Waals surface area (Å²) in [6.45, 7) is 3.87. The molecule has 0 spiro atoms. The SMILES string of the molecule is CC1(C)O[C@H]2[C@@H]3O[C@@H]3C=C(Br)[C@H]2O1. The Balaban J connectivity index is 1.93. The molecule has 1 aliphatic carbocycles. The van der Waals surface area contributed by atoms with Crippen molar-refractivity contribution < 1.29 is 14.2 Å². The first kappa shape index (κ1) is 8.41. The minimum atomic E-state index is -0.483. The molecular formula is C9H11BrO3. The summed E-state index contributed by atoms with van der Waals surface area (Å²) < 4.78 is 18.0. The maximum Gasteiger partial charge on any atom is 0.164 e. The lowest BCUT2D eigenvalue weighted by molar-refractivity contribution is -0.144. The number of rotatable bonds is 0. The summed E-state index contributed by atoms with van der Waals surface area (Å²) in [5.41, 5.74) is 0. The molecule has 0 unspecified atom stereocenters. The molecule has 2 aliphatic heterocycles. The Bertz CT molecular complexity index is 287. The third-order valence-corrected chi connectivity index (χ3v) is 3.33. The molecule has 4 atom stereocenters. The van der Waals surface area contributed by atoms with Crippen LogP contribution in [-0.2, 0) is 14.2 Å². The van der Waals surface area contributed by atoms with E-state index in [1.807, 2.05) is 13.8 Å². The molecular weight excluding hydrogens is 236 g/mol. The minimum Gasteiger partial charge on any atom is -0.362 e. The van der Waals surface area contributed by atoms with E-state index in [9.17, 15) is 0 Å². The topological polar surface area (TPSA) is 31.0 Å². The van der Waals surface area contributed by atoms with Crippen LogP contribution in [0.2, 0.25) is 0 Å². The van der Waals surface area contributed by atoms with E-state index in [2.05, 4.69) is 22.0 Å². The van der Waals surface area contributed by atoms with Gasteiger partial charge in [-0.15, -0.1) is 0 Å². The first-order valence-electron chi connectivity index (χ1n) is 4.45. The van der Waals surface area contributed by atoms with Gasteiger partial charge in [-0.2, -0.15) is 0 Å². The molecule has 0 aromatic rings. The van der Waals surface area contributed by atoms with Gasteiger partial charge in [0.25, 0.3) is 0 Å². The van der Waals surface area contributed by atoms with Crippen LogP contribution in [0.25, 0.3) is 0 Å². The van der Waals surface area contributed by atoms with E-state index in [0.29, 0.717) is 0 Å². The fourth-order valence-electron chi connectivity index (χ4n) is 2.03. The van der Waals surface area contributed by atoms with Crippen LogP contribution >= 0.6 is 15.9 Å². The number of ether oxygens (including phenoxy) is 3. The Labute approximate surface area is 85.2 Å². The van der Waals surface area contributed by atoms with Gasteiger partial charge in [0, 0.05) is 4.48 Å². The molecule has 2 heterocycles. The average Bonchev–Trinajstić information content (AvgIpc) is 2.68. The van der Waals surface area contributed by atoms with Crippen LogP contribution in [0.5, 0.6) is 0 Å². The molecule has 72 valence electrons. The Morgan fingerprint density at radius 3 is 2.85 bits per heavy atom. The lowest BCUT2D eigenvalue weighted by atomic mass is 10.0. The van der Waals surface area contributed by atoms with Gasteiger partial charge in [0.2, 0.25) is 0 Å². The van der Waals surface area contributed by atoms with Crippen LogP contribution in [0.15, 0.2) is 10.6 Å². The van der Waals surface area contributed by atoms with Crippen molar-refractivity contribution in [3.8, 4) is 0 Å². The molecule has 0 amide bonds. The van der Waals surface area contributed by atoms with Crippen molar-refractivity contribution in [2.24, 2.45) is 0 Å². The number of halogens is 1. The van der Waals surface area contributed by atoms with Crippen molar-refractivity contribution >= 4 is 15.9 Å². The van der Waals surface area contributed by atoms with Gasteiger partial charge in [-0.05, 0) is 19.9 Å². The van der Waals surface area contributed by atoms with Crippen LogP contribution in [0.1, 0.15) is 13.8 Å². The predicted octanol–water partition coefficient (Wildman–Crippen LogP) is 1.57. The molecule has 2 saturated heterocycles. The lowest BCUT2D eigenvalue weighted by Crippen LogP contribution is -2.32. The van der Waals surface area contributed by atoms with E-state index >= 15 is 0 Å². The molecule has 0 N–H and O–H groups in total. The van der Waals surface area contributed by atoms with Crippen molar-refractivity contribution in [1.82, 2.24) is 0 Å². The van der Waals surface area contributed by atoms with Crippen molar-refractivity contribution in [1.29, 1.82) is 0 Å². The molecule has 2 fully saturated rings. The van der Waals surface area contributed by atoms with E-state index in [4.69, 9.17) is 14.2 Å². The van der Waals surface area contributed by atoms with Gasteiger partial charge in [0.1, 0.15) is 24.4 Å². The second kappa shape index (κ2) is 2.37. The van der Waals surface area contributed by atoms with Crippen LogP contribution in [-0.4, -0.2) is 30.2 Å². The summed E-state index contributed by atoms with van der Waals surface area (Å²) in [5, 5.41) is 0. The van der Waals surface area contributed by atoms with E-state index in [0.717, 1.165) is 4.48 Å². The number of hydrogen-bond donors (Lipinski definition) is 0. The van der Waals surface area contributed by atoms with Gasteiger partial charge >= 0.3 is 0 Å². The normalized spacial score (nSPS) is 50.8. The molecule has 0 aromatic carbocycles. The standard InChI is InChI=1S/C9H11BrO3/c1-9(2)12-6-4(10)3-5-7(11-5)8(6)13-9/h3,5-8H,1-2H3/t5-,6-,7-,8-/m1/s1. The second-order valence-corrected chi connectivity index (χ2v) is 5.05. The first-order chi connectivity index (χ1) is 6.07. The van der Waals surface area contributed by atoms with E-state index in [1.54, 1.807) is 0 Å². The fourth-order valence-corrected chi connectivity index (χ4v) is 2.64. The molecule has 0 bridgehead atoms. The van der Waals surface area contributed by atoms with E-state index in [-0.39, 0.29) is 24.4 Å². The van der Waals surface area contributed by atoms with Crippen LogP contribution in [0.4, 0.5) is 0 Å². The van der Waals surface area contributed by atoms with Crippen molar-refractivity contribution in [2.75, 3.05) is 0 Å². The summed E-state index contributed by atoms with van der Waals surface area (Å²) in [6.07, 6.45) is 2.62. The Morgan fingerprint density at radius 2 is 2.08 bits per heavy atom. The predicted molar refractivity (Wildman–Crippen MR) is 49.5 cm³/mol. The summed E-state index contributed by atoms with van der Waals surface area (Å²) in [4.78, 5) is 0. The van der Waals surface area contributed by atoms with Gasteiger partial charge in [-0.3, -0.25) is 0 Å². The van der Waals surface area contributed by atoms with Gasteiger partial charge in [-0.1, -0.05) is 15.9 Å². The van der Waals surface area contributed by atoms with Crippen molar-refractivity contribution in [2.45, 2.75) is 44.1 Å². The third-order valence-electron chi connectivity index (χ3n) is 2.61. The Hall–Kier alpha value is 0.1000. The van der Waals surface area contributed by atoms with Gasteiger partial charge in [0.15, 0.2) is 5.79 Å². The minimum absolute atomic E-state index is 0.0266. The highest BCUT2D eigenvalue weighted by Gasteiger charge is 2.58. The molecule has 13 heavy (non-hydrogen) atoms. The number of epoxide rings is 1. The second-order valence-electron chi connectivity index (χ2n) is 4.14. The Kier molecular flexibility index (Phi) is 1.53. The summed E-state index contributed by atoms with van der Waals surface area (Å²) >= 11 is 3.49. The molecule has 0 saturated carbocycles. The first-order valence-corrected chi connectivity index (χ1v) is 5.24. The highest BCUT2D eigenvalue weighted by molar-refractivity contribution is 9.11. The highest BCUT2D eigenvalue weighted by Crippen LogP contribution is 2.46. The van der Waals surface area contributed by atoms with Crippen molar-refractivity contribution in [3.05, 3.63) is 10.6 Å². The van der Waals surface area contributed by atoms with Crippen molar-refractivity contribution in [3.63, 3.8) is 0 Å². The molecule has 0 radical (unpaired) electrons. The summed E-state index contributed by atoms with van der Waals surface area (Å²) in [5.74, 6) is -0.483.